The number of ether oxygens (including phenoxy) is 2. The molecule has 0 spiro atoms. The van der Waals surface area contributed by atoms with Crippen molar-refractivity contribution in [3.05, 3.63) is 54.2 Å². The third kappa shape index (κ3) is 5.05. The van der Waals surface area contributed by atoms with Crippen LogP contribution in [0.15, 0.2) is 47.0 Å². The minimum Gasteiger partial charge on any atom is -0.497 e. The molecule has 1 unspecified atom stereocenters. The lowest BCUT2D eigenvalue weighted by Gasteiger charge is -2.31. The summed E-state index contributed by atoms with van der Waals surface area (Å²) in [5.74, 6) is 1.52. The van der Waals surface area contributed by atoms with E-state index in [4.69, 9.17) is 14.0 Å². The lowest BCUT2D eigenvalue weighted by Crippen LogP contribution is -2.40. The van der Waals surface area contributed by atoms with Gasteiger partial charge in [-0.1, -0.05) is 5.16 Å². The van der Waals surface area contributed by atoms with Crippen LogP contribution in [0.5, 0.6) is 11.5 Å². The molecule has 0 aliphatic carbocycles. The Morgan fingerprint density at radius 1 is 1.22 bits per heavy atom. The summed E-state index contributed by atoms with van der Waals surface area (Å²) in [6.45, 7) is 1.85. The molecule has 0 radical (unpaired) electrons. The van der Waals surface area contributed by atoms with Gasteiger partial charge >= 0.3 is 0 Å². The zero-order valence-corrected chi connectivity index (χ0v) is 18.0. The van der Waals surface area contributed by atoms with E-state index in [1.807, 2.05) is 0 Å². The predicted molar refractivity (Wildman–Crippen MR) is 116 cm³/mol. The Labute approximate surface area is 185 Å². The summed E-state index contributed by atoms with van der Waals surface area (Å²) in [5.41, 5.74) is 1.26. The second-order valence-electron chi connectivity index (χ2n) is 7.65. The topological polar surface area (TPSA) is 89.7 Å². The van der Waals surface area contributed by atoms with Gasteiger partial charge in [-0.05, 0) is 55.8 Å². The molecule has 1 atom stereocenters. The van der Waals surface area contributed by atoms with E-state index < -0.39 is 0 Å². The number of hydrogen-bond acceptors (Lipinski definition) is 7. The van der Waals surface area contributed by atoms with Gasteiger partial charge in [-0.2, -0.15) is 4.98 Å². The van der Waals surface area contributed by atoms with Gasteiger partial charge in [-0.25, -0.2) is 4.39 Å². The molecular formula is C23H25FN4O4. The van der Waals surface area contributed by atoms with Crippen molar-refractivity contribution in [2.24, 2.45) is 5.92 Å². The number of aromatic nitrogens is 2. The highest BCUT2D eigenvalue weighted by atomic mass is 19.1. The number of nitrogens with one attached hydrogen (secondary N) is 1. The molecule has 0 bridgehead atoms. The molecule has 3 aromatic rings. The first kappa shape index (κ1) is 21.8. The van der Waals surface area contributed by atoms with Crippen LogP contribution in [-0.2, 0) is 11.3 Å². The molecule has 9 heteroatoms. The molecule has 1 saturated heterocycles. The van der Waals surface area contributed by atoms with E-state index in [0.717, 1.165) is 19.4 Å². The zero-order valence-electron chi connectivity index (χ0n) is 18.0. The molecule has 2 heterocycles. The first-order valence-electron chi connectivity index (χ1n) is 10.4. The molecule has 1 amide bonds. The maximum Gasteiger partial charge on any atom is 0.241 e. The summed E-state index contributed by atoms with van der Waals surface area (Å²) in [6, 6.07) is 11.2. The Bertz CT molecular complexity index is 1070. The van der Waals surface area contributed by atoms with Crippen LogP contribution in [0.25, 0.3) is 11.4 Å². The minimum absolute atomic E-state index is 0.0706. The fourth-order valence-electron chi connectivity index (χ4n) is 3.79. The lowest BCUT2D eigenvalue weighted by atomic mass is 9.97. The number of carbonyl (C=O) groups is 1. The van der Waals surface area contributed by atoms with Crippen molar-refractivity contribution in [1.29, 1.82) is 0 Å². The molecule has 1 N–H and O–H groups in total. The third-order valence-electron chi connectivity index (χ3n) is 5.47. The van der Waals surface area contributed by atoms with Crippen LogP contribution in [0, 0.1) is 11.7 Å². The largest absolute Gasteiger partial charge is 0.497 e. The maximum atomic E-state index is 13.1. The summed E-state index contributed by atoms with van der Waals surface area (Å²) in [4.78, 5) is 19.5. The summed E-state index contributed by atoms with van der Waals surface area (Å²) >= 11 is 0. The summed E-state index contributed by atoms with van der Waals surface area (Å²) in [6.07, 6.45) is 1.67. The van der Waals surface area contributed by atoms with Gasteiger partial charge in [0.05, 0.1) is 32.4 Å². The predicted octanol–water partition coefficient (Wildman–Crippen LogP) is 3.74. The van der Waals surface area contributed by atoms with E-state index in [9.17, 15) is 9.18 Å². The molecule has 0 saturated carbocycles. The standard InChI is InChI=1S/C23H25FN4O4/c1-30-18-9-10-20(31-2)19(12-18)25-23(29)16-4-3-11-28(13-16)14-21-26-22(27-32-21)15-5-7-17(24)8-6-15/h5-10,12,16H,3-4,11,13-14H2,1-2H3,(H,25,29). The quantitative estimate of drug-likeness (QED) is 0.599. The molecule has 1 aromatic heterocycles. The third-order valence-corrected chi connectivity index (χ3v) is 5.47. The number of nitrogens with zero attached hydrogens (tertiary/aromatic N) is 3. The second kappa shape index (κ2) is 9.78. The molecule has 4 rings (SSSR count). The van der Waals surface area contributed by atoms with E-state index >= 15 is 0 Å². The summed E-state index contributed by atoms with van der Waals surface area (Å²) < 4.78 is 29.1. The number of halogens is 1. The van der Waals surface area contributed by atoms with Crippen LogP contribution in [0.3, 0.4) is 0 Å². The average Bonchev–Trinajstić information content (AvgIpc) is 3.28. The van der Waals surface area contributed by atoms with Gasteiger partial charge in [-0.15, -0.1) is 0 Å². The first-order valence-corrected chi connectivity index (χ1v) is 10.4. The number of hydrogen-bond donors (Lipinski definition) is 1. The molecule has 1 aliphatic rings. The maximum absolute atomic E-state index is 13.1. The Balaban J connectivity index is 1.38. The molecular weight excluding hydrogens is 415 g/mol. The van der Waals surface area contributed by atoms with Crippen molar-refractivity contribution in [1.82, 2.24) is 15.0 Å². The number of rotatable bonds is 7. The molecule has 2 aromatic carbocycles. The number of benzene rings is 2. The van der Waals surface area contributed by atoms with Crippen molar-refractivity contribution in [2.45, 2.75) is 19.4 Å². The van der Waals surface area contributed by atoms with Gasteiger partial charge in [0.2, 0.25) is 17.6 Å². The average molecular weight is 440 g/mol. The van der Waals surface area contributed by atoms with Crippen molar-refractivity contribution in [2.75, 3.05) is 32.6 Å². The van der Waals surface area contributed by atoms with Crippen molar-refractivity contribution in [3.8, 4) is 22.9 Å². The summed E-state index contributed by atoms with van der Waals surface area (Å²) in [5, 5.41) is 6.95. The number of carbonyl (C=O) groups excluding carboxylic acids is 1. The molecule has 32 heavy (non-hydrogen) atoms. The van der Waals surface area contributed by atoms with Gasteiger partial charge in [0.1, 0.15) is 17.3 Å². The number of anilines is 1. The smallest absolute Gasteiger partial charge is 0.241 e. The minimum atomic E-state index is -0.318. The van der Waals surface area contributed by atoms with E-state index in [1.54, 1.807) is 44.6 Å². The second-order valence-corrected chi connectivity index (χ2v) is 7.65. The Morgan fingerprint density at radius 3 is 2.78 bits per heavy atom. The van der Waals surface area contributed by atoms with E-state index in [2.05, 4.69) is 20.4 Å². The van der Waals surface area contributed by atoms with Gasteiger partial charge < -0.3 is 19.3 Å². The fourth-order valence-corrected chi connectivity index (χ4v) is 3.79. The lowest BCUT2D eigenvalue weighted by molar-refractivity contribution is -0.121. The highest BCUT2D eigenvalue weighted by Gasteiger charge is 2.27. The number of methoxy groups -OCH3 is 2. The SMILES string of the molecule is COc1ccc(OC)c(NC(=O)C2CCCN(Cc3nc(-c4ccc(F)cc4)no3)C2)c1. The normalized spacial score (nSPS) is 16.5. The van der Waals surface area contributed by atoms with Crippen molar-refractivity contribution in [3.63, 3.8) is 0 Å². The van der Waals surface area contributed by atoms with Gasteiger partial charge in [0, 0.05) is 18.2 Å². The van der Waals surface area contributed by atoms with Crippen molar-refractivity contribution >= 4 is 11.6 Å². The molecule has 168 valence electrons. The first-order chi connectivity index (χ1) is 15.6. The van der Waals surface area contributed by atoms with Crippen LogP contribution in [-0.4, -0.2) is 48.3 Å². The van der Waals surface area contributed by atoms with E-state index in [-0.39, 0.29) is 17.6 Å². The number of likely N-dealkylation sites (tertiary alicyclic amines) is 1. The van der Waals surface area contributed by atoms with E-state index in [0.29, 0.717) is 47.6 Å². The van der Waals surface area contributed by atoms with Crippen LogP contribution in [0.4, 0.5) is 10.1 Å². The van der Waals surface area contributed by atoms with Gasteiger partial charge in [-0.3, -0.25) is 9.69 Å². The van der Waals surface area contributed by atoms with Crippen LogP contribution < -0.4 is 14.8 Å². The van der Waals surface area contributed by atoms with Gasteiger partial charge in [0.25, 0.3) is 0 Å². The monoisotopic (exact) mass is 440 g/mol. The number of amides is 1. The highest BCUT2D eigenvalue weighted by molar-refractivity contribution is 5.94. The Hall–Kier alpha value is -3.46. The van der Waals surface area contributed by atoms with Crippen LogP contribution in [0.2, 0.25) is 0 Å². The molecule has 8 nitrogen and oxygen atoms in total. The molecule has 1 fully saturated rings. The van der Waals surface area contributed by atoms with Crippen LogP contribution >= 0.6 is 0 Å². The van der Waals surface area contributed by atoms with Crippen LogP contribution in [0.1, 0.15) is 18.7 Å². The Kier molecular flexibility index (Phi) is 6.65. The zero-order chi connectivity index (χ0) is 22.5. The number of piperidine rings is 1. The fraction of sp³-hybridized carbons (Fsp3) is 0.348. The van der Waals surface area contributed by atoms with Crippen molar-refractivity contribution < 1.29 is 23.2 Å². The summed E-state index contributed by atoms with van der Waals surface area (Å²) in [7, 11) is 3.13. The molecule has 1 aliphatic heterocycles. The van der Waals surface area contributed by atoms with E-state index in [1.165, 1.54) is 12.1 Å². The highest BCUT2D eigenvalue weighted by Crippen LogP contribution is 2.30. The Morgan fingerprint density at radius 2 is 2.03 bits per heavy atom. The van der Waals surface area contributed by atoms with Gasteiger partial charge in [0.15, 0.2) is 0 Å².